The van der Waals surface area contributed by atoms with Crippen LogP contribution in [-0.4, -0.2) is 46.3 Å². The fourth-order valence-corrected chi connectivity index (χ4v) is 3.77. The minimum absolute atomic E-state index is 0.167. The molecular weight excluding hydrogens is 520 g/mol. The fourth-order valence-electron chi connectivity index (χ4n) is 3.77. The molecule has 41 heavy (non-hydrogen) atoms. The third kappa shape index (κ3) is 14.7. The molecule has 0 radical (unpaired) electrons. The third-order valence-corrected chi connectivity index (χ3v) is 5.97. The zero-order valence-corrected chi connectivity index (χ0v) is 25.5. The average Bonchev–Trinajstić information content (AvgIpc) is 3.36. The molecule has 224 valence electrons. The number of esters is 2. The molecule has 1 aliphatic carbocycles. The largest absolute Gasteiger partial charge is 0.460 e. The lowest BCUT2D eigenvalue weighted by molar-refractivity contribution is -0.155. The van der Waals surface area contributed by atoms with Crippen LogP contribution in [0.4, 0.5) is 0 Å². The van der Waals surface area contributed by atoms with Gasteiger partial charge in [0.1, 0.15) is 23.0 Å². The molecule has 0 unspecified atom stereocenters. The molecule has 4 rings (SSSR count). The smallest absolute Gasteiger partial charge is 0.306 e. The van der Waals surface area contributed by atoms with Gasteiger partial charge in [-0.05, 0) is 115 Å². The SMILES string of the molecule is C1CCOC1.CC(C)(C)OC(=O)CCc1ccnc(C#N)c1.CC(C)(C)OC(=O)CCc1ccnc(C2(N)CC2)c1. The van der Waals surface area contributed by atoms with Crippen LogP contribution in [-0.2, 0) is 42.2 Å². The number of hydrogen-bond donors (Lipinski definition) is 1. The summed E-state index contributed by atoms with van der Waals surface area (Å²) in [5.41, 5.74) is 8.35. The van der Waals surface area contributed by atoms with Gasteiger partial charge in [0.2, 0.25) is 0 Å². The number of nitrogens with two attached hydrogens (primary N) is 1. The lowest BCUT2D eigenvalue weighted by Crippen LogP contribution is -2.24. The molecule has 2 aromatic heterocycles. The number of nitriles is 1. The summed E-state index contributed by atoms with van der Waals surface area (Å²) in [6, 6.07) is 9.39. The lowest BCUT2D eigenvalue weighted by atomic mass is 10.1. The van der Waals surface area contributed by atoms with Crippen LogP contribution in [0.3, 0.4) is 0 Å². The molecule has 1 saturated carbocycles. The van der Waals surface area contributed by atoms with Crippen LogP contribution in [0, 0.1) is 11.3 Å². The Morgan fingerprint density at radius 3 is 1.80 bits per heavy atom. The molecule has 0 aromatic carbocycles. The second-order valence-corrected chi connectivity index (χ2v) is 12.4. The van der Waals surface area contributed by atoms with Crippen molar-refractivity contribution in [1.82, 2.24) is 9.97 Å². The molecule has 2 fully saturated rings. The highest BCUT2D eigenvalue weighted by molar-refractivity contribution is 5.70. The molecule has 2 aromatic rings. The van der Waals surface area contributed by atoms with E-state index in [-0.39, 0.29) is 17.5 Å². The summed E-state index contributed by atoms with van der Waals surface area (Å²) in [6.07, 6.45) is 9.82. The number of hydrogen-bond acceptors (Lipinski definition) is 9. The van der Waals surface area contributed by atoms with Gasteiger partial charge >= 0.3 is 11.9 Å². The fraction of sp³-hybridized carbons (Fsp3) is 0.594. The molecule has 1 saturated heterocycles. The third-order valence-electron chi connectivity index (χ3n) is 5.97. The van der Waals surface area contributed by atoms with E-state index in [1.807, 2.05) is 59.7 Å². The molecule has 3 heterocycles. The molecule has 0 spiro atoms. The minimum Gasteiger partial charge on any atom is -0.460 e. The first-order chi connectivity index (χ1) is 19.2. The molecule has 0 atom stereocenters. The van der Waals surface area contributed by atoms with Gasteiger partial charge < -0.3 is 19.9 Å². The van der Waals surface area contributed by atoms with E-state index in [1.54, 1.807) is 24.5 Å². The molecule has 9 heteroatoms. The molecule has 2 N–H and O–H groups in total. The highest BCUT2D eigenvalue weighted by atomic mass is 16.6. The van der Waals surface area contributed by atoms with E-state index in [4.69, 9.17) is 25.2 Å². The van der Waals surface area contributed by atoms with Crippen LogP contribution in [0.15, 0.2) is 36.7 Å². The Kier molecular flexibility index (Phi) is 12.9. The van der Waals surface area contributed by atoms with Gasteiger partial charge in [-0.1, -0.05) is 0 Å². The van der Waals surface area contributed by atoms with Crippen LogP contribution < -0.4 is 5.73 Å². The van der Waals surface area contributed by atoms with Crippen molar-refractivity contribution in [3.05, 3.63) is 59.2 Å². The van der Waals surface area contributed by atoms with Gasteiger partial charge in [0.15, 0.2) is 0 Å². The summed E-state index contributed by atoms with van der Waals surface area (Å²) in [4.78, 5) is 31.3. The van der Waals surface area contributed by atoms with Gasteiger partial charge in [0.25, 0.3) is 0 Å². The zero-order valence-electron chi connectivity index (χ0n) is 25.5. The first-order valence-electron chi connectivity index (χ1n) is 14.3. The highest BCUT2D eigenvalue weighted by Gasteiger charge is 2.41. The van der Waals surface area contributed by atoms with Gasteiger partial charge in [-0.15, -0.1) is 0 Å². The number of carbonyl (C=O) groups is 2. The molecule has 1 aliphatic heterocycles. The molecule has 2 aliphatic rings. The molecule has 0 bridgehead atoms. The van der Waals surface area contributed by atoms with Crippen LogP contribution >= 0.6 is 0 Å². The van der Waals surface area contributed by atoms with E-state index < -0.39 is 11.2 Å². The standard InChI is InChI=1S/C15H22N2O2.C13H16N2O2.C4H8O/c1-14(2,3)19-13(18)5-4-11-6-9-17-12(10-11)15(16)7-8-15;1-13(2,3)17-12(16)5-4-10-6-7-15-11(8-10)9-14;1-2-4-5-3-1/h6,9-10H,4-5,7-8,16H2,1-3H3;6-8H,4-5H2,1-3H3;1-4H2. The number of aromatic nitrogens is 2. The predicted molar refractivity (Wildman–Crippen MR) is 157 cm³/mol. The molecule has 0 amide bonds. The Morgan fingerprint density at radius 1 is 0.902 bits per heavy atom. The lowest BCUT2D eigenvalue weighted by Gasteiger charge is -2.19. The van der Waals surface area contributed by atoms with Gasteiger partial charge in [-0.25, -0.2) is 4.98 Å². The summed E-state index contributed by atoms with van der Waals surface area (Å²) in [5.74, 6) is -0.396. The van der Waals surface area contributed by atoms with E-state index >= 15 is 0 Å². The Bertz CT molecular complexity index is 1160. The van der Waals surface area contributed by atoms with Crippen molar-refractivity contribution in [3.63, 3.8) is 0 Å². The summed E-state index contributed by atoms with van der Waals surface area (Å²) in [5, 5.41) is 8.69. The average molecular weight is 567 g/mol. The number of carbonyl (C=O) groups excluding carboxylic acids is 2. The second kappa shape index (κ2) is 15.6. The Morgan fingerprint density at radius 2 is 1.39 bits per heavy atom. The van der Waals surface area contributed by atoms with Crippen molar-refractivity contribution in [1.29, 1.82) is 5.26 Å². The number of pyridine rings is 2. The number of aryl methyl sites for hydroxylation is 2. The molecular formula is C32H46N4O5. The van der Waals surface area contributed by atoms with Crippen molar-refractivity contribution in [2.24, 2.45) is 5.73 Å². The van der Waals surface area contributed by atoms with Gasteiger partial charge in [0.05, 0.1) is 11.2 Å². The van der Waals surface area contributed by atoms with Gasteiger partial charge in [-0.2, -0.15) is 5.26 Å². The van der Waals surface area contributed by atoms with Gasteiger partial charge in [0, 0.05) is 38.4 Å². The number of ether oxygens (including phenoxy) is 3. The van der Waals surface area contributed by atoms with Crippen LogP contribution in [0.5, 0.6) is 0 Å². The maximum Gasteiger partial charge on any atom is 0.306 e. The second-order valence-electron chi connectivity index (χ2n) is 12.4. The predicted octanol–water partition coefficient (Wildman–Crippen LogP) is 5.33. The minimum atomic E-state index is -0.451. The normalized spacial score (nSPS) is 15.3. The van der Waals surface area contributed by atoms with Crippen molar-refractivity contribution in [2.45, 2.75) is 110 Å². The first kappa shape index (κ1) is 33.9. The van der Waals surface area contributed by atoms with Crippen molar-refractivity contribution in [2.75, 3.05) is 13.2 Å². The first-order valence-corrected chi connectivity index (χ1v) is 14.3. The summed E-state index contributed by atoms with van der Waals surface area (Å²) >= 11 is 0. The van der Waals surface area contributed by atoms with Crippen molar-refractivity contribution in [3.8, 4) is 6.07 Å². The number of nitrogens with zero attached hydrogens (tertiary/aromatic N) is 3. The van der Waals surface area contributed by atoms with Crippen LogP contribution in [0.25, 0.3) is 0 Å². The maximum absolute atomic E-state index is 11.7. The Balaban J connectivity index is 0.000000246. The van der Waals surface area contributed by atoms with Gasteiger partial charge in [-0.3, -0.25) is 14.6 Å². The van der Waals surface area contributed by atoms with Crippen molar-refractivity contribution < 1.29 is 23.8 Å². The molecule has 9 nitrogen and oxygen atoms in total. The Hall–Kier alpha value is -3.35. The summed E-state index contributed by atoms with van der Waals surface area (Å²) in [7, 11) is 0. The topological polar surface area (TPSA) is 137 Å². The van der Waals surface area contributed by atoms with E-state index in [0.29, 0.717) is 31.4 Å². The van der Waals surface area contributed by atoms with E-state index in [0.717, 1.165) is 42.9 Å². The highest BCUT2D eigenvalue weighted by Crippen LogP contribution is 2.41. The van der Waals surface area contributed by atoms with E-state index in [1.165, 1.54) is 12.8 Å². The Labute approximate surface area is 244 Å². The summed E-state index contributed by atoms with van der Waals surface area (Å²) < 4.78 is 15.4. The number of rotatable bonds is 7. The summed E-state index contributed by atoms with van der Waals surface area (Å²) in [6.45, 7) is 13.1. The van der Waals surface area contributed by atoms with E-state index in [9.17, 15) is 9.59 Å². The maximum atomic E-state index is 11.7. The monoisotopic (exact) mass is 566 g/mol. The van der Waals surface area contributed by atoms with E-state index in [2.05, 4.69) is 9.97 Å². The van der Waals surface area contributed by atoms with Crippen molar-refractivity contribution >= 4 is 11.9 Å². The zero-order chi connectivity index (χ0) is 30.5. The van der Waals surface area contributed by atoms with Crippen LogP contribution in [0.1, 0.15) is 103 Å². The quantitative estimate of drug-likeness (QED) is 0.441. The van der Waals surface area contributed by atoms with Crippen LogP contribution in [0.2, 0.25) is 0 Å².